The van der Waals surface area contributed by atoms with Crippen molar-refractivity contribution in [2.75, 3.05) is 0 Å². The molecule has 0 saturated carbocycles. The van der Waals surface area contributed by atoms with E-state index in [4.69, 9.17) is 4.98 Å². The van der Waals surface area contributed by atoms with Gasteiger partial charge in [0.2, 0.25) is 0 Å². The van der Waals surface area contributed by atoms with E-state index in [1.165, 1.54) is 3.57 Å². The van der Waals surface area contributed by atoms with Gasteiger partial charge in [0, 0.05) is 20.7 Å². The summed E-state index contributed by atoms with van der Waals surface area (Å²) in [5.41, 5.74) is 3.30. The quantitative estimate of drug-likeness (QED) is 0.534. The highest BCUT2D eigenvalue weighted by atomic mass is 127. The molecule has 0 N–H and O–H groups in total. The first-order chi connectivity index (χ1) is 8.65. The van der Waals surface area contributed by atoms with Gasteiger partial charge in [-0.05, 0) is 52.9 Å². The van der Waals surface area contributed by atoms with Crippen molar-refractivity contribution >= 4 is 49.6 Å². The molecule has 0 aliphatic rings. The van der Waals surface area contributed by atoms with E-state index < -0.39 is 0 Å². The Bertz CT molecular complexity index is 716. The van der Waals surface area contributed by atoms with Crippen LogP contribution in [0.3, 0.4) is 0 Å². The van der Waals surface area contributed by atoms with Gasteiger partial charge in [-0.2, -0.15) is 0 Å². The van der Waals surface area contributed by atoms with Crippen LogP contribution in [-0.2, 0) is 7.05 Å². The molecule has 0 unspecified atom stereocenters. The molecule has 3 rings (SSSR count). The Kier molecular flexibility index (Phi) is 3.15. The predicted octanol–water partition coefficient (Wildman–Crippen LogP) is 4.61. The lowest BCUT2D eigenvalue weighted by Gasteiger charge is -2.02. The van der Waals surface area contributed by atoms with Crippen molar-refractivity contribution in [1.82, 2.24) is 9.55 Å². The fourth-order valence-electron chi connectivity index (χ4n) is 2.03. The van der Waals surface area contributed by atoms with E-state index in [-0.39, 0.29) is 0 Å². The third-order valence-electron chi connectivity index (χ3n) is 2.95. The highest BCUT2D eigenvalue weighted by Gasteiger charge is 2.09. The molecule has 0 aliphatic heterocycles. The van der Waals surface area contributed by atoms with E-state index in [9.17, 15) is 0 Å². The average Bonchev–Trinajstić information content (AvgIpc) is 2.67. The lowest BCUT2D eigenvalue weighted by Crippen LogP contribution is -1.92. The van der Waals surface area contributed by atoms with Crippen LogP contribution < -0.4 is 0 Å². The number of nitrogens with zero attached hydrogens (tertiary/aromatic N) is 2. The molecule has 4 heteroatoms. The van der Waals surface area contributed by atoms with Crippen LogP contribution in [0, 0.1) is 3.57 Å². The molecule has 1 heterocycles. The molecule has 0 amide bonds. The van der Waals surface area contributed by atoms with Crippen molar-refractivity contribution in [3.63, 3.8) is 0 Å². The summed E-state index contributed by atoms with van der Waals surface area (Å²) in [6, 6.07) is 14.6. The molecule has 1 aromatic heterocycles. The van der Waals surface area contributed by atoms with E-state index in [1.54, 1.807) is 0 Å². The molecule has 0 fully saturated rings. The van der Waals surface area contributed by atoms with Crippen LogP contribution in [0.25, 0.3) is 22.4 Å². The molecule has 90 valence electrons. The number of aryl methyl sites for hydroxylation is 1. The summed E-state index contributed by atoms with van der Waals surface area (Å²) in [6.45, 7) is 0. The first kappa shape index (κ1) is 12.2. The van der Waals surface area contributed by atoms with Crippen LogP contribution in [0.2, 0.25) is 0 Å². The van der Waals surface area contributed by atoms with Gasteiger partial charge >= 0.3 is 0 Å². The Balaban J connectivity index is 2.23. The molecule has 0 spiro atoms. The van der Waals surface area contributed by atoms with Gasteiger partial charge in [0.25, 0.3) is 0 Å². The maximum atomic E-state index is 4.70. The number of imidazole rings is 1. The van der Waals surface area contributed by atoms with Gasteiger partial charge in [-0.25, -0.2) is 4.98 Å². The molecule has 0 saturated heterocycles. The minimum atomic E-state index is 1.000. The second-order valence-electron chi connectivity index (χ2n) is 4.13. The van der Waals surface area contributed by atoms with E-state index in [1.807, 2.05) is 12.1 Å². The van der Waals surface area contributed by atoms with E-state index in [2.05, 4.69) is 80.5 Å². The minimum absolute atomic E-state index is 1.000. The van der Waals surface area contributed by atoms with Crippen LogP contribution in [0.5, 0.6) is 0 Å². The molecule has 18 heavy (non-hydrogen) atoms. The smallest absolute Gasteiger partial charge is 0.140 e. The lowest BCUT2D eigenvalue weighted by molar-refractivity contribution is 0.959. The Morgan fingerprint density at radius 1 is 1.11 bits per heavy atom. The number of hydrogen-bond acceptors (Lipinski definition) is 1. The molecule has 2 aromatic carbocycles. The Morgan fingerprint density at radius 2 is 1.83 bits per heavy atom. The Morgan fingerprint density at radius 3 is 2.56 bits per heavy atom. The second kappa shape index (κ2) is 4.66. The number of benzene rings is 2. The van der Waals surface area contributed by atoms with Crippen LogP contribution in [0.15, 0.2) is 46.9 Å². The highest BCUT2D eigenvalue weighted by Crippen LogP contribution is 2.26. The summed E-state index contributed by atoms with van der Waals surface area (Å²) in [4.78, 5) is 4.70. The van der Waals surface area contributed by atoms with Gasteiger partial charge < -0.3 is 4.57 Å². The van der Waals surface area contributed by atoms with Crippen LogP contribution in [0.4, 0.5) is 0 Å². The average molecular weight is 413 g/mol. The van der Waals surface area contributed by atoms with Crippen molar-refractivity contribution < 1.29 is 0 Å². The molecule has 2 nitrogen and oxygen atoms in total. The van der Waals surface area contributed by atoms with Gasteiger partial charge in [0.15, 0.2) is 0 Å². The zero-order valence-electron chi connectivity index (χ0n) is 9.69. The minimum Gasteiger partial charge on any atom is -0.327 e. The maximum Gasteiger partial charge on any atom is 0.140 e. The molecule has 0 radical (unpaired) electrons. The van der Waals surface area contributed by atoms with Gasteiger partial charge in [0.05, 0.1) is 11.0 Å². The SMILES string of the molecule is Cn1c(-c2ccc(I)cc2)nc2cc(Br)ccc21. The molecule has 0 atom stereocenters. The van der Waals surface area contributed by atoms with Crippen LogP contribution in [-0.4, -0.2) is 9.55 Å². The van der Waals surface area contributed by atoms with Gasteiger partial charge in [-0.1, -0.05) is 28.1 Å². The number of halogens is 2. The zero-order valence-corrected chi connectivity index (χ0v) is 13.4. The first-order valence-corrected chi connectivity index (χ1v) is 7.40. The van der Waals surface area contributed by atoms with Crippen molar-refractivity contribution in [3.05, 3.63) is 50.5 Å². The van der Waals surface area contributed by atoms with E-state index in [0.717, 1.165) is 26.9 Å². The predicted molar refractivity (Wildman–Crippen MR) is 86.6 cm³/mol. The normalized spacial score (nSPS) is 11.1. The number of aromatic nitrogens is 2. The van der Waals surface area contributed by atoms with Crippen LogP contribution >= 0.6 is 38.5 Å². The van der Waals surface area contributed by atoms with E-state index in [0.29, 0.717) is 0 Å². The molecule has 0 aliphatic carbocycles. The van der Waals surface area contributed by atoms with Gasteiger partial charge in [-0.15, -0.1) is 0 Å². The maximum absolute atomic E-state index is 4.70. The van der Waals surface area contributed by atoms with Gasteiger partial charge in [0.1, 0.15) is 5.82 Å². The molecule has 3 aromatic rings. The number of hydrogen-bond donors (Lipinski definition) is 0. The second-order valence-corrected chi connectivity index (χ2v) is 6.30. The summed E-state index contributed by atoms with van der Waals surface area (Å²) < 4.78 is 4.42. The monoisotopic (exact) mass is 412 g/mol. The first-order valence-electron chi connectivity index (χ1n) is 5.53. The largest absolute Gasteiger partial charge is 0.327 e. The molecular formula is C14H10BrIN2. The fraction of sp³-hybridized carbons (Fsp3) is 0.0714. The van der Waals surface area contributed by atoms with E-state index >= 15 is 0 Å². The number of rotatable bonds is 1. The van der Waals surface area contributed by atoms with Crippen molar-refractivity contribution in [1.29, 1.82) is 0 Å². The Hall–Kier alpha value is -0.880. The topological polar surface area (TPSA) is 17.8 Å². The summed E-state index contributed by atoms with van der Waals surface area (Å²) >= 11 is 5.79. The standard InChI is InChI=1S/C14H10BrIN2/c1-18-13-7-4-10(15)8-12(13)17-14(18)9-2-5-11(16)6-3-9/h2-8H,1H3. The molecule has 0 bridgehead atoms. The Labute approximate surface area is 127 Å². The number of fused-ring (bicyclic) bond motifs is 1. The lowest BCUT2D eigenvalue weighted by atomic mass is 10.2. The van der Waals surface area contributed by atoms with Crippen molar-refractivity contribution in [2.45, 2.75) is 0 Å². The summed E-state index contributed by atoms with van der Waals surface area (Å²) in [5, 5.41) is 0. The third kappa shape index (κ3) is 2.07. The van der Waals surface area contributed by atoms with Gasteiger partial charge in [-0.3, -0.25) is 0 Å². The summed E-state index contributed by atoms with van der Waals surface area (Å²) in [5.74, 6) is 1.000. The van der Waals surface area contributed by atoms with Crippen molar-refractivity contribution in [2.24, 2.45) is 7.05 Å². The molecular weight excluding hydrogens is 403 g/mol. The van der Waals surface area contributed by atoms with Crippen molar-refractivity contribution in [3.8, 4) is 11.4 Å². The summed E-state index contributed by atoms with van der Waals surface area (Å²) in [6.07, 6.45) is 0. The van der Waals surface area contributed by atoms with Crippen LogP contribution in [0.1, 0.15) is 0 Å². The summed E-state index contributed by atoms with van der Waals surface area (Å²) in [7, 11) is 2.05. The fourth-order valence-corrected chi connectivity index (χ4v) is 2.74. The zero-order chi connectivity index (χ0) is 12.7. The highest BCUT2D eigenvalue weighted by molar-refractivity contribution is 14.1. The third-order valence-corrected chi connectivity index (χ3v) is 4.16.